The number of fused-ring (bicyclic) bond motifs is 10. The van der Waals surface area contributed by atoms with Gasteiger partial charge in [0.25, 0.3) is 0 Å². The number of para-hydroxylation sites is 4. The Morgan fingerprint density at radius 1 is 0.281 bits per heavy atom. The lowest BCUT2D eigenvalue weighted by molar-refractivity contribution is 0.893. The molecular formula is C51H32N6. The maximum absolute atomic E-state index is 5.46. The zero-order chi connectivity index (χ0) is 37.5. The molecule has 4 aromatic heterocycles. The molecular weight excluding hydrogens is 697 g/mol. The summed E-state index contributed by atoms with van der Waals surface area (Å²) in [4.78, 5) is 16.0. The van der Waals surface area contributed by atoms with Gasteiger partial charge >= 0.3 is 0 Å². The van der Waals surface area contributed by atoms with Crippen molar-refractivity contribution in [2.24, 2.45) is 0 Å². The van der Waals surface area contributed by atoms with Crippen LogP contribution in [0.3, 0.4) is 0 Å². The number of rotatable bonds is 5. The standard InChI is InChI=1S/C51H32N6/c1-3-16-33(17-4-1)35-20-15-21-36(32-35)55-43-26-11-9-24-39(43)41-30-31-42-40-25-10-14-29-46(40)57(48(42)47(41)55)51-53-49(34-18-5-2-6-19-34)52-50(54-51)56-44-27-12-7-22-37(44)38-23-8-13-28-45(38)56/h1-32H. The third kappa shape index (κ3) is 4.74. The molecule has 0 saturated heterocycles. The van der Waals surface area contributed by atoms with Crippen LogP contribution in [-0.4, -0.2) is 28.7 Å². The van der Waals surface area contributed by atoms with E-state index in [1.165, 1.54) is 10.9 Å². The van der Waals surface area contributed by atoms with Crippen molar-refractivity contribution in [2.45, 2.75) is 0 Å². The van der Waals surface area contributed by atoms with Crippen LogP contribution in [0.5, 0.6) is 0 Å². The van der Waals surface area contributed by atoms with Gasteiger partial charge in [0.1, 0.15) is 0 Å². The Hall–Kier alpha value is -7.83. The van der Waals surface area contributed by atoms with Crippen molar-refractivity contribution >= 4 is 65.4 Å². The molecule has 0 unspecified atom stereocenters. The minimum Gasteiger partial charge on any atom is -0.307 e. The summed E-state index contributed by atoms with van der Waals surface area (Å²) in [7, 11) is 0. The maximum Gasteiger partial charge on any atom is 0.240 e. The van der Waals surface area contributed by atoms with Crippen LogP contribution in [0.1, 0.15) is 0 Å². The highest BCUT2D eigenvalue weighted by Crippen LogP contribution is 2.42. The highest BCUT2D eigenvalue weighted by atomic mass is 15.3. The van der Waals surface area contributed by atoms with Gasteiger partial charge in [-0.3, -0.25) is 9.13 Å². The van der Waals surface area contributed by atoms with Crippen LogP contribution in [0.25, 0.3) is 106 Å². The Balaban J connectivity index is 1.23. The normalized spacial score (nSPS) is 11.9. The van der Waals surface area contributed by atoms with E-state index in [9.17, 15) is 0 Å². The van der Waals surface area contributed by atoms with Crippen LogP contribution in [0.2, 0.25) is 0 Å². The lowest BCUT2D eigenvalue weighted by Gasteiger charge is -2.14. The number of hydrogen-bond acceptors (Lipinski definition) is 3. The zero-order valence-corrected chi connectivity index (χ0v) is 30.7. The van der Waals surface area contributed by atoms with Crippen molar-refractivity contribution < 1.29 is 0 Å². The Bertz CT molecular complexity index is 3470. The monoisotopic (exact) mass is 728 g/mol. The number of aromatic nitrogens is 6. The summed E-state index contributed by atoms with van der Waals surface area (Å²) < 4.78 is 6.86. The predicted octanol–water partition coefficient (Wildman–Crippen LogP) is 12.5. The van der Waals surface area contributed by atoms with Gasteiger partial charge in [0.15, 0.2) is 5.82 Å². The average Bonchev–Trinajstić information content (AvgIpc) is 3.93. The number of hydrogen-bond donors (Lipinski definition) is 0. The lowest BCUT2D eigenvalue weighted by Crippen LogP contribution is -2.10. The van der Waals surface area contributed by atoms with E-state index in [1.54, 1.807) is 0 Å². The van der Waals surface area contributed by atoms with Gasteiger partial charge in [-0.15, -0.1) is 0 Å². The molecule has 0 aliphatic rings. The van der Waals surface area contributed by atoms with E-state index in [4.69, 9.17) is 15.0 Å². The van der Waals surface area contributed by atoms with Gasteiger partial charge in [-0.1, -0.05) is 158 Å². The first-order valence-corrected chi connectivity index (χ1v) is 19.2. The molecule has 0 aliphatic carbocycles. The molecule has 0 atom stereocenters. The summed E-state index contributed by atoms with van der Waals surface area (Å²) in [6.07, 6.45) is 0. The van der Waals surface area contributed by atoms with Crippen LogP contribution in [0.15, 0.2) is 194 Å². The molecule has 0 saturated carbocycles. The van der Waals surface area contributed by atoms with Crippen molar-refractivity contribution in [2.75, 3.05) is 0 Å². The van der Waals surface area contributed by atoms with E-state index in [1.807, 2.05) is 18.2 Å². The molecule has 0 spiro atoms. The van der Waals surface area contributed by atoms with Crippen LogP contribution < -0.4 is 0 Å². The first kappa shape index (κ1) is 31.5. The van der Waals surface area contributed by atoms with Gasteiger partial charge < -0.3 is 4.57 Å². The molecule has 57 heavy (non-hydrogen) atoms. The highest BCUT2D eigenvalue weighted by Gasteiger charge is 2.24. The van der Waals surface area contributed by atoms with Gasteiger partial charge in [-0.2, -0.15) is 15.0 Å². The topological polar surface area (TPSA) is 53.5 Å². The Kier molecular flexibility index (Phi) is 6.83. The minimum atomic E-state index is 0.550. The van der Waals surface area contributed by atoms with Gasteiger partial charge in [0.05, 0.1) is 33.1 Å². The predicted molar refractivity (Wildman–Crippen MR) is 234 cm³/mol. The van der Waals surface area contributed by atoms with Crippen LogP contribution in [0.4, 0.5) is 0 Å². The Morgan fingerprint density at radius 3 is 1.28 bits per heavy atom. The third-order valence-electron chi connectivity index (χ3n) is 11.3. The van der Waals surface area contributed by atoms with Crippen LogP contribution >= 0.6 is 0 Å². The van der Waals surface area contributed by atoms with Crippen LogP contribution in [0, 0.1) is 0 Å². The maximum atomic E-state index is 5.46. The second kappa shape index (κ2) is 12.3. The summed E-state index contributed by atoms with van der Waals surface area (Å²) in [5.41, 5.74) is 10.7. The smallest absolute Gasteiger partial charge is 0.240 e. The molecule has 4 heterocycles. The molecule has 12 rings (SSSR count). The van der Waals surface area contributed by atoms with Gasteiger partial charge in [-0.25, -0.2) is 0 Å². The summed E-state index contributed by atoms with van der Waals surface area (Å²) in [5.74, 6) is 1.71. The summed E-state index contributed by atoms with van der Waals surface area (Å²) in [5, 5.41) is 6.90. The average molecular weight is 729 g/mol. The number of benzene rings is 8. The van der Waals surface area contributed by atoms with Crippen molar-refractivity contribution in [3.8, 4) is 40.1 Å². The van der Waals surface area contributed by atoms with Crippen molar-refractivity contribution in [1.82, 2.24) is 28.7 Å². The fourth-order valence-electron chi connectivity index (χ4n) is 8.84. The largest absolute Gasteiger partial charge is 0.307 e. The minimum absolute atomic E-state index is 0.550. The quantitative estimate of drug-likeness (QED) is 0.177. The second-order valence-electron chi connectivity index (χ2n) is 14.5. The van der Waals surface area contributed by atoms with Gasteiger partial charge in [-0.05, 0) is 47.5 Å². The molecule has 0 N–H and O–H groups in total. The van der Waals surface area contributed by atoms with Crippen molar-refractivity contribution in [3.63, 3.8) is 0 Å². The summed E-state index contributed by atoms with van der Waals surface area (Å²) in [6, 6.07) is 68.5. The number of nitrogens with zero attached hydrogens (tertiary/aromatic N) is 6. The second-order valence-corrected chi connectivity index (χ2v) is 14.5. The first-order chi connectivity index (χ1) is 28.3. The molecule has 0 amide bonds. The molecule has 12 aromatic rings. The summed E-state index contributed by atoms with van der Waals surface area (Å²) >= 11 is 0. The van der Waals surface area contributed by atoms with Crippen LogP contribution in [-0.2, 0) is 0 Å². The van der Waals surface area contributed by atoms with E-state index in [-0.39, 0.29) is 0 Å². The Morgan fingerprint density at radius 2 is 0.702 bits per heavy atom. The molecule has 6 heteroatoms. The van der Waals surface area contributed by atoms with Crippen molar-refractivity contribution in [3.05, 3.63) is 194 Å². The van der Waals surface area contributed by atoms with E-state index in [0.717, 1.165) is 76.8 Å². The molecule has 0 fully saturated rings. The van der Waals surface area contributed by atoms with E-state index in [2.05, 4.69) is 190 Å². The van der Waals surface area contributed by atoms with Crippen molar-refractivity contribution in [1.29, 1.82) is 0 Å². The van der Waals surface area contributed by atoms with Gasteiger partial charge in [0, 0.05) is 43.6 Å². The zero-order valence-electron chi connectivity index (χ0n) is 30.7. The fourth-order valence-corrected chi connectivity index (χ4v) is 8.84. The lowest BCUT2D eigenvalue weighted by atomic mass is 10.1. The SMILES string of the molecule is c1ccc(-c2cccc(-n3c4ccccc4c4ccc5c6ccccc6n(-c6nc(-c7ccccc7)nc(-n7c8ccccc8c8ccccc87)n6)c5c43)c2)cc1. The molecule has 266 valence electrons. The molecule has 8 aromatic carbocycles. The van der Waals surface area contributed by atoms with E-state index in [0.29, 0.717) is 17.7 Å². The summed E-state index contributed by atoms with van der Waals surface area (Å²) in [6.45, 7) is 0. The van der Waals surface area contributed by atoms with E-state index >= 15 is 0 Å². The fraction of sp³-hybridized carbons (Fsp3) is 0. The molecule has 6 nitrogen and oxygen atoms in total. The first-order valence-electron chi connectivity index (χ1n) is 19.2. The molecule has 0 radical (unpaired) electrons. The van der Waals surface area contributed by atoms with Gasteiger partial charge in [0.2, 0.25) is 11.9 Å². The Labute approximate surface area is 327 Å². The van der Waals surface area contributed by atoms with E-state index < -0.39 is 0 Å². The molecule has 0 aliphatic heterocycles. The molecule has 0 bridgehead atoms. The highest BCUT2D eigenvalue weighted by molar-refractivity contribution is 6.23. The third-order valence-corrected chi connectivity index (χ3v) is 11.3.